The minimum atomic E-state index is -0.448. The number of hydrogen-bond donors (Lipinski definition) is 0. The number of carbonyl (C=O) groups excluding carboxylic acids is 1. The van der Waals surface area contributed by atoms with E-state index >= 15 is 0 Å². The third-order valence-electron chi connectivity index (χ3n) is 4.89. The molecule has 126 valence electrons. The largest absolute Gasteiger partial charge is 0.460 e. The summed E-state index contributed by atoms with van der Waals surface area (Å²) in [6.07, 6.45) is 4.45. The summed E-state index contributed by atoms with van der Waals surface area (Å²) in [5.41, 5.74) is 0.770. The summed E-state index contributed by atoms with van der Waals surface area (Å²) >= 11 is 0. The molecule has 3 atom stereocenters. The number of carbonyl (C=O) groups is 1. The highest BCUT2D eigenvalue weighted by Gasteiger charge is 2.41. The van der Waals surface area contributed by atoms with Gasteiger partial charge < -0.3 is 4.74 Å². The number of nitrogens with zero attached hydrogens (tertiary/aromatic N) is 2. The highest BCUT2D eigenvalue weighted by Crippen LogP contribution is 2.35. The molecule has 2 aliphatic rings. The molecular formula is C16H21ClN2O4. The molecule has 3 unspecified atom stereocenters. The first-order valence-corrected chi connectivity index (χ1v) is 7.69. The van der Waals surface area contributed by atoms with Gasteiger partial charge in [0.1, 0.15) is 6.10 Å². The van der Waals surface area contributed by atoms with E-state index in [9.17, 15) is 14.9 Å². The molecule has 2 aliphatic heterocycles. The average Bonchev–Trinajstić information content (AvgIpc) is 2.72. The van der Waals surface area contributed by atoms with Crippen LogP contribution < -0.4 is 0 Å². The molecule has 23 heavy (non-hydrogen) atoms. The Morgan fingerprint density at radius 3 is 2.57 bits per heavy atom. The summed E-state index contributed by atoms with van der Waals surface area (Å²) in [5, 5.41) is 10.6. The van der Waals surface area contributed by atoms with Crippen molar-refractivity contribution in [2.75, 3.05) is 7.05 Å². The van der Waals surface area contributed by atoms with Gasteiger partial charge in [-0.1, -0.05) is 12.1 Å². The maximum atomic E-state index is 12.1. The van der Waals surface area contributed by atoms with Gasteiger partial charge in [0.05, 0.1) is 11.3 Å². The fourth-order valence-corrected chi connectivity index (χ4v) is 3.64. The molecule has 0 spiro atoms. The van der Waals surface area contributed by atoms with Gasteiger partial charge in [0.2, 0.25) is 0 Å². The van der Waals surface area contributed by atoms with Gasteiger partial charge >= 0.3 is 5.97 Å². The van der Waals surface area contributed by atoms with Crippen LogP contribution in [0.3, 0.4) is 0 Å². The fraction of sp³-hybridized carbons (Fsp3) is 0.562. The van der Waals surface area contributed by atoms with Crippen molar-refractivity contribution in [2.24, 2.45) is 0 Å². The molecule has 0 aromatic heterocycles. The summed E-state index contributed by atoms with van der Waals surface area (Å²) < 4.78 is 5.66. The molecule has 6 nitrogen and oxygen atoms in total. The summed E-state index contributed by atoms with van der Waals surface area (Å²) in [4.78, 5) is 24.6. The van der Waals surface area contributed by atoms with Crippen LogP contribution in [-0.2, 0) is 16.0 Å². The number of nitro groups is 1. The van der Waals surface area contributed by atoms with Gasteiger partial charge in [-0.15, -0.1) is 12.4 Å². The van der Waals surface area contributed by atoms with E-state index < -0.39 is 4.92 Å². The van der Waals surface area contributed by atoms with E-state index in [-0.39, 0.29) is 36.6 Å². The van der Waals surface area contributed by atoms with Crippen LogP contribution in [0.25, 0.3) is 0 Å². The molecule has 2 fully saturated rings. The molecule has 0 aliphatic carbocycles. The molecule has 2 saturated heterocycles. The molecule has 2 heterocycles. The van der Waals surface area contributed by atoms with Crippen LogP contribution in [0.15, 0.2) is 24.3 Å². The van der Waals surface area contributed by atoms with Crippen molar-refractivity contribution in [3.63, 3.8) is 0 Å². The van der Waals surface area contributed by atoms with Gasteiger partial charge in [-0.3, -0.25) is 19.8 Å². The number of hydrogen-bond acceptors (Lipinski definition) is 5. The Hall–Kier alpha value is -1.66. The summed E-state index contributed by atoms with van der Waals surface area (Å²) in [6.45, 7) is 0. The molecule has 1 aromatic rings. The third kappa shape index (κ3) is 3.82. The molecule has 0 saturated carbocycles. The summed E-state index contributed by atoms with van der Waals surface area (Å²) in [7, 11) is 2.11. The zero-order valence-corrected chi connectivity index (χ0v) is 13.8. The van der Waals surface area contributed by atoms with Crippen LogP contribution in [0.2, 0.25) is 0 Å². The van der Waals surface area contributed by atoms with Crippen molar-refractivity contribution in [2.45, 2.75) is 50.3 Å². The minimum absolute atomic E-state index is 0. The van der Waals surface area contributed by atoms with E-state index in [4.69, 9.17) is 4.74 Å². The van der Waals surface area contributed by atoms with Crippen molar-refractivity contribution < 1.29 is 14.5 Å². The fourth-order valence-electron chi connectivity index (χ4n) is 3.64. The number of nitro benzene ring substituents is 1. The van der Waals surface area contributed by atoms with Gasteiger partial charge in [0, 0.05) is 24.2 Å². The molecule has 7 heteroatoms. The van der Waals surface area contributed by atoms with E-state index in [2.05, 4.69) is 11.9 Å². The van der Waals surface area contributed by atoms with Crippen molar-refractivity contribution in [1.29, 1.82) is 0 Å². The molecule has 0 N–H and O–H groups in total. The Morgan fingerprint density at radius 2 is 1.91 bits per heavy atom. The lowest BCUT2D eigenvalue weighted by atomic mass is 10.0. The van der Waals surface area contributed by atoms with Crippen molar-refractivity contribution in [1.82, 2.24) is 4.90 Å². The summed E-state index contributed by atoms with van der Waals surface area (Å²) in [6, 6.07) is 7.04. The van der Waals surface area contributed by atoms with Crippen molar-refractivity contribution in [3.05, 3.63) is 39.9 Å². The minimum Gasteiger partial charge on any atom is -0.460 e. The predicted octanol–water partition coefficient (Wildman–Crippen LogP) is 2.73. The number of ether oxygens (including phenoxy) is 1. The zero-order valence-electron chi connectivity index (χ0n) is 13.0. The van der Waals surface area contributed by atoms with E-state index in [0.29, 0.717) is 12.1 Å². The van der Waals surface area contributed by atoms with Crippen molar-refractivity contribution >= 4 is 24.1 Å². The number of piperidine rings is 1. The Balaban J connectivity index is 0.00000192. The standard InChI is InChI=1S/C16H20N2O4.ClH/c1-17-12-6-8-14(17)15(9-7-12)22-16(19)10-11-2-4-13(5-3-11)18(20)21;/h2-5,12,14-15H,6-10H2,1H3;1H. The SMILES string of the molecule is CN1C2CCC(OC(=O)Cc3ccc([N+](=O)[O-])cc3)C1CC2.Cl. The molecule has 1 aromatic carbocycles. The van der Waals surface area contributed by atoms with E-state index in [0.717, 1.165) is 24.8 Å². The topological polar surface area (TPSA) is 72.7 Å². The monoisotopic (exact) mass is 340 g/mol. The molecular weight excluding hydrogens is 320 g/mol. The smallest absolute Gasteiger partial charge is 0.310 e. The highest BCUT2D eigenvalue weighted by atomic mass is 35.5. The second kappa shape index (κ2) is 7.27. The van der Waals surface area contributed by atoms with Crippen LogP contribution >= 0.6 is 12.4 Å². The first kappa shape index (κ1) is 17.7. The van der Waals surface area contributed by atoms with Crippen LogP contribution in [0.1, 0.15) is 31.2 Å². The van der Waals surface area contributed by atoms with E-state index in [1.807, 2.05) is 0 Å². The molecule has 0 radical (unpaired) electrons. The lowest BCUT2D eigenvalue weighted by molar-refractivity contribution is -0.384. The summed E-state index contributed by atoms with van der Waals surface area (Å²) in [5.74, 6) is -0.252. The van der Waals surface area contributed by atoms with Gasteiger partial charge in [-0.25, -0.2) is 0 Å². The van der Waals surface area contributed by atoms with Crippen LogP contribution in [-0.4, -0.2) is 41.0 Å². The Labute approximate surface area is 141 Å². The van der Waals surface area contributed by atoms with Gasteiger partial charge in [0.15, 0.2) is 0 Å². The van der Waals surface area contributed by atoms with Gasteiger partial charge in [-0.05, 0) is 38.3 Å². The average molecular weight is 341 g/mol. The number of non-ortho nitro benzene ring substituents is 1. The number of rotatable bonds is 4. The molecule has 0 amide bonds. The zero-order chi connectivity index (χ0) is 15.7. The molecule has 3 rings (SSSR count). The Kier molecular flexibility index (Phi) is 5.59. The number of benzene rings is 1. The van der Waals surface area contributed by atoms with Crippen LogP contribution in [0.4, 0.5) is 5.69 Å². The number of halogens is 1. The van der Waals surface area contributed by atoms with Gasteiger partial charge in [0.25, 0.3) is 5.69 Å². The number of fused-ring (bicyclic) bond motifs is 2. The highest BCUT2D eigenvalue weighted by molar-refractivity contribution is 5.85. The Morgan fingerprint density at radius 1 is 1.26 bits per heavy atom. The van der Waals surface area contributed by atoms with Crippen LogP contribution in [0, 0.1) is 10.1 Å². The van der Waals surface area contributed by atoms with E-state index in [1.54, 1.807) is 12.1 Å². The number of esters is 1. The second-order valence-electron chi connectivity index (χ2n) is 6.17. The predicted molar refractivity (Wildman–Crippen MR) is 87.7 cm³/mol. The quantitative estimate of drug-likeness (QED) is 0.478. The lowest BCUT2D eigenvalue weighted by Crippen LogP contribution is -2.46. The van der Waals surface area contributed by atoms with Crippen molar-refractivity contribution in [3.8, 4) is 0 Å². The van der Waals surface area contributed by atoms with Crippen LogP contribution in [0.5, 0.6) is 0 Å². The number of likely N-dealkylation sites (N-methyl/N-ethyl adjacent to an activating group) is 1. The second-order valence-corrected chi connectivity index (χ2v) is 6.17. The molecule has 2 bridgehead atoms. The lowest BCUT2D eigenvalue weighted by Gasteiger charge is -2.36. The first-order valence-electron chi connectivity index (χ1n) is 7.69. The normalized spacial score (nSPS) is 26.4. The third-order valence-corrected chi connectivity index (χ3v) is 4.89. The maximum Gasteiger partial charge on any atom is 0.310 e. The van der Waals surface area contributed by atoms with Gasteiger partial charge in [-0.2, -0.15) is 0 Å². The van der Waals surface area contributed by atoms with E-state index in [1.165, 1.54) is 18.6 Å². The maximum absolute atomic E-state index is 12.1. The Bertz CT molecular complexity index is 578. The first-order chi connectivity index (χ1) is 10.5.